The van der Waals surface area contributed by atoms with E-state index in [2.05, 4.69) is 37.4 Å². The van der Waals surface area contributed by atoms with Crippen LogP contribution in [0.4, 0.5) is 0 Å². The average molecular weight is 352 g/mol. The van der Waals surface area contributed by atoms with E-state index in [0.29, 0.717) is 4.77 Å². The Kier molecular flexibility index (Phi) is 3.76. The molecule has 3 heterocycles. The quantitative estimate of drug-likeness (QED) is 0.696. The SMILES string of the molecule is CC(CCc1ccco1)n1c(=S)[nH]c2cc(Br)cnc21. The zero-order valence-electron chi connectivity index (χ0n) is 11.0. The van der Waals surface area contributed by atoms with Crippen LogP contribution in [-0.4, -0.2) is 14.5 Å². The third-order valence-corrected chi connectivity index (χ3v) is 4.08. The molecular formula is C14H14BrN3OS. The van der Waals surface area contributed by atoms with Crippen LogP contribution in [0.15, 0.2) is 39.5 Å². The van der Waals surface area contributed by atoms with Crippen molar-refractivity contribution in [2.24, 2.45) is 0 Å². The first-order chi connectivity index (χ1) is 9.65. The Labute approximate surface area is 130 Å². The fourth-order valence-electron chi connectivity index (χ4n) is 2.33. The normalized spacial score (nSPS) is 12.9. The van der Waals surface area contributed by atoms with Gasteiger partial charge in [-0.15, -0.1) is 0 Å². The Morgan fingerprint density at radius 1 is 1.55 bits per heavy atom. The summed E-state index contributed by atoms with van der Waals surface area (Å²) in [6.07, 6.45) is 5.34. The number of rotatable bonds is 4. The van der Waals surface area contributed by atoms with Gasteiger partial charge in [-0.25, -0.2) is 4.98 Å². The topological polar surface area (TPSA) is 46.8 Å². The van der Waals surface area contributed by atoms with E-state index in [1.165, 1.54) is 0 Å². The molecule has 104 valence electrons. The van der Waals surface area contributed by atoms with Gasteiger partial charge >= 0.3 is 0 Å². The van der Waals surface area contributed by atoms with Crippen molar-refractivity contribution >= 4 is 39.3 Å². The number of nitrogens with one attached hydrogen (secondary N) is 1. The van der Waals surface area contributed by atoms with Gasteiger partial charge in [0.1, 0.15) is 5.76 Å². The van der Waals surface area contributed by atoms with Gasteiger partial charge in [-0.05, 0) is 59.7 Å². The van der Waals surface area contributed by atoms with Crippen LogP contribution in [0.3, 0.4) is 0 Å². The number of furan rings is 1. The van der Waals surface area contributed by atoms with Crippen LogP contribution < -0.4 is 0 Å². The maximum Gasteiger partial charge on any atom is 0.179 e. The lowest BCUT2D eigenvalue weighted by Crippen LogP contribution is -2.07. The molecule has 4 nitrogen and oxygen atoms in total. The zero-order valence-corrected chi connectivity index (χ0v) is 13.4. The Bertz CT molecular complexity index is 775. The van der Waals surface area contributed by atoms with E-state index in [0.717, 1.165) is 34.2 Å². The standard InChI is InChI=1S/C14H14BrN3OS/c1-9(4-5-11-3-2-6-19-11)18-13-12(17-14(18)20)7-10(15)8-16-13/h2-3,6-9H,4-5H2,1H3,(H,17,20). The van der Waals surface area contributed by atoms with E-state index in [1.807, 2.05) is 18.2 Å². The predicted molar refractivity (Wildman–Crippen MR) is 84.4 cm³/mol. The molecular weight excluding hydrogens is 338 g/mol. The van der Waals surface area contributed by atoms with E-state index < -0.39 is 0 Å². The summed E-state index contributed by atoms with van der Waals surface area (Å²) in [4.78, 5) is 7.67. The van der Waals surface area contributed by atoms with E-state index in [1.54, 1.807) is 12.5 Å². The van der Waals surface area contributed by atoms with E-state index in [4.69, 9.17) is 16.6 Å². The number of hydrogen-bond acceptors (Lipinski definition) is 3. The van der Waals surface area contributed by atoms with E-state index in [9.17, 15) is 0 Å². The van der Waals surface area contributed by atoms with Gasteiger partial charge in [0.25, 0.3) is 0 Å². The molecule has 1 unspecified atom stereocenters. The highest BCUT2D eigenvalue weighted by molar-refractivity contribution is 9.10. The molecule has 3 aromatic heterocycles. The second-order valence-electron chi connectivity index (χ2n) is 4.79. The van der Waals surface area contributed by atoms with Crippen molar-refractivity contribution in [2.45, 2.75) is 25.8 Å². The molecule has 0 fully saturated rings. The highest BCUT2D eigenvalue weighted by atomic mass is 79.9. The second-order valence-corrected chi connectivity index (χ2v) is 6.09. The number of aromatic amines is 1. The third-order valence-electron chi connectivity index (χ3n) is 3.35. The molecule has 0 aliphatic rings. The fraction of sp³-hybridized carbons (Fsp3) is 0.286. The lowest BCUT2D eigenvalue weighted by Gasteiger charge is -2.13. The van der Waals surface area contributed by atoms with E-state index in [-0.39, 0.29) is 6.04 Å². The monoisotopic (exact) mass is 351 g/mol. The van der Waals surface area contributed by atoms with Crippen molar-refractivity contribution < 1.29 is 4.42 Å². The van der Waals surface area contributed by atoms with Crippen molar-refractivity contribution in [1.82, 2.24) is 14.5 Å². The van der Waals surface area contributed by atoms with Gasteiger partial charge < -0.3 is 9.40 Å². The summed E-state index contributed by atoms with van der Waals surface area (Å²) >= 11 is 8.84. The lowest BCUT2D eigenvalue weighted by molar-refractivity contribution is 0.454. The van der Waals surface area contributed by atoms with Gasteiger partial charge in [0.15, 0.2) is 10.4 Å². The first kappa shape index (κ1) is 13.6. The number of pyridine rings is 1. The minimum absolute atomic E-state index is 0.259. The molecule has 0 aliphatic heterocycles. The highest BCUT2D eigenvalue weighted by Gasteiger charge is 2.13. The number of H-pyrrole nitrogens is 1. The molecule has 0 spiro atoms. The maximum absolute atomic E-state index is 5.42. The number of fused-ring (bicyclic) bond motifs is 1. The molecule has 0 amide bonds. The first-order valence-corrected chi connectivity index (χ1v) is 7.63. The molecule has 0 radical (unpaired) electrons. The predicted octanol–water partition coefficient (Wildman–Crippen LogP) is 4.64. The average Bonchev–Trinajstić information content (AvgIpc) is 3.02. The van der Waals surface area contributed by atoms with Crippen LogP contribution in [0, 0.1) is 4.77 Å². The summed E-state index contributed by atoms with van der Waals surface area (Å²) in [6, 6.07) is 6.16. The van der Waals surface area contributed by atoms with Gasteiger partial charge in [-0.2, -0.15) is 0 Å². The number of aromatic nitrogens is 3. The van der Waals surface area contributed by atoms with Crippen LogP contribution in [0.1, 0.15) is 25.1 Å². The molecule has 0 aromatic carbocycles. The lowest BCUT2D eigenvalue weighted by atomic mass is 10.1. The summed E-state index contributed by atoms with van der Waals surface area (Å²) in [5.74, 6) is 0.999. The van der Waals surface area contributed by atoms with Gasteiger partial charge in [-0.3, -0.25) is 4.57 Å². The van der Waals surface area contributed by atoms with Crippen LogP contribution in [0.2, 0.25) is 0 Å². The van der Waals surface area contributed by atoms with Gasteiger partial charge in [-0.1, -0.05) is 0 Å². The van der Waals surface area contributed by atoms with Crippen molar-refractivity contribution in [2.75, 3.05) is 0 Å². The molecule has 0 saturated carbocycles. The molecule has 0 bridgehead atoms. The molecule has 1 atom stereocenters. The number of nitrogens with zero attached hydrogens (tertiary/aromatic N) is 2. The summed E-state index contributed by atoms with van der Waals surface area (Å²) in [6.45, 7) is 2.15. The van der Waals surface area contributed by atoms with E-state index >= 15 is 0 Å². The minimum atomic E-state index is 0.259. The van der Waals surface area contributed by atoms with Gasteiger partial charge in [0.2, 0.25) is 0 Å². The number of aryl methyl sites for hydroxylation is 1. The molecule has 0 saturated heterocycles. The Morgan fingerprint density at radius 3 is 3.15 bits per heavy atom. The highest BCUT2D eigenvalue weighted by Crippen LogP contribution is 2.23. The fourth-order valence-corrected chi connectivity index (χ4v) is 3.04. The molecule has 3 rings (SSSR count). The van der Waals surface area contributed by atoms with Crippen molar-refractivity contribution in [3.8, 4) is 0 Å². The second kappa shape index (κ2) is 5.54. The molecule has 3 aromatic rings. The maximum atomic E-state index is 5.42. The summed E-state index contributed by atoms with van der Waals surface area (Å²) in [7, 11) is 0. The summed E-state index contributed by atoms with van der Waals surface area (Å²) in [5, 5.41) is 0. The first-order valence-electron chi connectivity index (χ1n) is 6.43. The largest absolute Gasteiger partial charge is 0.469 e. The minimum Gasteiger partial charge on any atom is -0.469 e. The van der Waals surface area contributed by atoms with Crippen molar-refractivity contribution in [3.63, 3.8) is 0 Å². The van der Waals surface area contributed by atoms with Crippen LogP contribution in [0.5, 0.6) is 0 Å². The van der Waals surface area contributed by atoms with Crippen molar-refractivity contribution in [3.05, 3.63) is 45.7 Å². The number of hydrogen-bond donors (Lipinski definition) is 1. The summed E-state index contributed by atoms with van der Waals surface area (Å²) < 4.78 is 9.09. The molecule has 0 aliphatic carbocycles. The third kappa shape index (κ3) is 2.58. The van der Waals surface area contributed by atoms with Crippen molar-refractivity contribution in [1.29, 1.82) is 0 Å². The van der Waals surface area contributed by atoms with Crippen LogP contribution in [-0.2, 0) is 6.42 Å². The zero-order chi connectivity index (χ0) is 14.1. The Hall–Kier alpha value is -1.40. The number of halogens is 1. The molecule has 1 N–H and O–H groups in total. The smallest absolute Gasteiger partial charge is 0.179 e. The Morgan fingerprint density at radius 2 is 2.40 bits per heavy atom. The van der Waals surface area contributed by atoms with Crippen LogP contribution in [0.25, 0.3) is 11.2 Å². The summed E-state index contributed by atoms with van der Waals surface area (Å²) in [5.41, 5.74) is 1.85. The Balaban J connectivity index is 1.89. The molecule has 6 heteroatoms. The number of imidazole rings is 1. The molecule has 20 heavy (non-hydrogen) atoms. The van der Waals surface area contributed by atoms with Gasteiger partial charge in [0, 0.05) is 23.1 Å². The van der Waals surface area contributed by atoms with Gasteiger partial charge in [0.05, 0.1) is 11.8 Å². The van der Waals surface area contributed by atoms with Crippen LogP contribution >= 0.6 is 28.1 Å².